The van der Waals surface area contributed by atoms with Crippen LogP contribution in [-0.2, 0) is 14.3 Å². The van der Waals surface area contributed by atoms with E-state index in [1.807, 2.05) is 42.5 Å². The summed E-state index contributed by atoms with van der Waals surface area (Å²) in [5, 5.41) is 2.51. The Labute approximate surface area is 202 Å². The Hall–Kier alpha value is -3.48. The van der Waals surface area contributed by atoms with Gasteiger partial charge in [0.15, 0.2) is 0 Å². The van der Waals surface area contributed by atoms with Crippen molar-refractivity contribution in [2.24, 2.45) is 5.92 Å². The Bertz CT molecular complexity index is 912. The molecule has 0 spiro atoms. The molecular weight excluding hydrogens is 432 g/mol. The summed E-state index contributed by atoms with van der Waals surface area (Å²) >= 11 is 0. The number of alkyl carbamates (subject to hydrolysis) is 1. The SMILES string of the molecule is C=C(C)C(=O)OCCNC(=O)OCCOc1ccc(N(c2ccccc2)C(C)CC(C)C)cc1. The van der Waals surface area contributed by atoms with E-state index in [9.17, 15) is 9.59 Å². The van der Waals surface area contributed by atoms with Gasteiger partial charge in [-0.05, 0) is 62.6 Å². The molecule has 7 nitrogen and oxygen atoms in total. The second-order valence-electron chi connectivity index (χ2n) is 8.51. The fourth-order valence-corrected chi connectivity index (χ4v) is 3.50. The van der Waals surface area contributed by atoms with Gasteiger partial charge in [-0.15, -0.1) is 0 Å². The molecule has 1 N–H and O–H groups in total. The van der Waals surface area contributed by atoms with Crippen LogP contribution >= 0.6 is 0 Å². The van der Waals surface area contributed by atoms with Crippen LogP contribution in [0.3, 0.4) is 0 Å². The lowest BCUT2D eigenvalue weighted by Gasteiger charge is -2.32. The molecule has 0 bridgehead atoms. The predicted octanol–water partition coefficient (Wildman–Crippen LogP) is 5.48. The Morgan fingerprint density at radius 1 is 0.912 bits per heavy atom. The number of carbonyl (C=O) groups excluding carboxylic acids is 2. The Kier molecular flexibility index (Phi) is 11.0. The zero-order valence-corrected chi connectivity index (χ0v) is 20.6. The van der Waals surface area contributed by atoms with E-state index in [0.29, 0.717) is 23.3 Å². The summed E-state index contributed by atoms with van der Waals surface area (Å²) in [4.78, 5) is 25.3. The lowest BCUT2D eigenvalue weighted by atomic mass is 10.0. The zero-order valence-electron chi connectivity index (χ0n) is 20.6. The smallest absolute Gasteiger partial charge is 0.407 e. The van der Waals surface area contributed by atoms with Crippen LogP contribution in [0.25, 0.3) is 0 Å². The van der Waals surface area contributed by atoms with Gasteiger partial charge in [-0.3, -0.25) is 0 Å². The molecule has 1 atom stereocenters. The van der Waals surface area contributed by atoms with Gasteiger partial charge in [0, 0.05) is 23.0 Å². The minimum atomic E-state index is -0.594. The summed E-state index contributed by atoms with van der Waals surface area (Å²) < 4.78 is 15.7. The number of esters is 1. The molecule has 2 rings (SSSR count). The molecule has 1 unspecified atom stereocenters. The van der Waals surface area contributed by atoms with Gasteiger partial charge in [0.05, 0.1) is 6.54 Å². The molecule has 0 fully saturated rings. The van der Waals surface area contributed by atoms with Crippen LogP contribution in [0.2, 0.25) is 0 Å². The highest BCUT2D eigenvalue weighted by Gasteiger charge is 2.18. The molecule has 2 aromatic rings. The van der Waals surface area contributed by atoms with Crippen molar-refractivity contribution in [2.75, 3.05) is 31.3 Å². The van der Waals surface area contributed by atoms with Gasteiger partial charge in [-0.2, -0.15) is 0 Å². The molecule has 0 aliphatic heterocycles. The van der Waals surface area contributed by atoms with Gasteiger partial charge in [0.1, 0.15) is 25.6 Å². The van der Waals surface area contributed by atoms with Crippen molar-refractivity contribution >= 4 is 23.4 Å². The maximum absolute atomic E-state index is 11.7. The van der Waals surface area contributed by atoms with Crippen LogP contribution in [0.5, 0.6) is 5.75 Å². The number of carbonyl (C=O) groups is 2. The maximum Gasteiger partial charge on any atom is 0.407 e. The number of benzene rings is 2. The average molecular weight is 469 g/mol. The first-order valence-corrected chi connectivity index (χ1v) is 11.6. The van der Waals surface area contributed by atoms with Crippen LogP contribution in [0.1, 0.15) is 34.1 Å². The number of hydrogen-bond donors (Lipinski definition) is 1. The summed E-state index contributed by atoms with van der Waals surface area (Å²) in [7, 11) is 0. The number of nitrogens with one attached hydrogen (secondary N) is 1. The third kappa shape index (κ3) is 9.17. The van der Waals surface area contributed by atoms with Crippen LogP contribution in [0.4, 0.5) is 16.2 Å². The molecular formula is C27H36N2O5. The number of nitrogens with zero attached hydrogens (tertiary/aromatic N) is 1. The van der Waals surface area contributed by atoms with Crippen LogP contribution in [0.15, 0.2) is 66.7 Å². The molecule has 0 heterocycles. The lowest BCUT2D eigenvalue weighted by molar-refractivity contribution is -0.138. The van der Waals surface area contributed by atoms with Crippen LogP contribution in [0, 0.1) is 5.92 Å². The number of ether oxygens (including phenoxy) is 3. The summed E-state index contributed by atoms with van der Waals surface area (Å²) in [6.07, 6.45) is 0.478. The van der Waals surface area contributed by atoms with Gasteiger partial charge in [0.25, 0.3) is 0 Å². The van der Waals surface area contributed by atoms with E-state index in [2.05, 4.69) is 49.7 Å². The lowest BCUT2D eigenvalue weighted by Crippen LogP contribution is -2.30. The van der Waals surface area contributed by atoms with E-state index in [4.69, 9.17) is 14.2 Å². The van der Waals surface area contributed by atoms with E-state index in [1.54, 1.807) is 6.92 Å². The molecule has 0 saturated heterocycles. The first-order valence-electron chi connectivity index (χ1n) is 11.6. The minimum Gasteiger partial charge on any atom is -0.490 e. The highest BCUT2D eigenvalue weighted by atomic mass is 16.6. The highest BCUT2D eigenvalue weighted by molar-refractivity contribution is 5.86. The molecule has 184 valence electrons. The van der Waals surface area contributed by atoms with Crippen LogP contribution in [-0.4, -0.2) is 44.5 Å². The zero-order chi connectivity index (χ0) is 24.9. The molecule has 1 amide bonds. The number of hydrogen-bond acceptors (Lipinski definition) is 6. The van der Waals surface area contributed by atoms with E-state index in [-0.39, 0.29) is 26.4 Å². The predicted molar refractivity (Wildman–Crippen MR) is 135 cm³/mol. The van der Waals surface area contributed by atoms with Crippen molar-refractivity contribution < 1.29 is 23.8 Å². The first-order chi connectivity index (χ1) is 16.3. The number of para-hydroxylation sites is 1. The Morgan fingerprint density at radius 2 is 1.56 bits per heavy atom. The van der Waals surface area contributed by atoms with Crippen molar-refractivity contribution in [3.63, 3.8) is 0 Å². The highest BCUT2D eigenvalue weighted by Crippen LogP contribution is 2.31. The monoisotopic (exact) mass is 468 g/mol. The van der Waals surface area contributed by atoms with Crippen molar-refractivity contribution in [3.8, 4) is 5.75 Å². The summed E-state index contributed by atoms with van der Waals surface area (Å²) in [5.74, 6) is 0.798. The molecule has 0 radical (unpaired) electrons. The molecule has 0 aliphatic carbocycles. The summed E-state index contributed by atoms with van der Waals surface area (Å²) in [6.45, 7) is 12.3. The Morgan fingerprint density at radius 3 is 2.18 bits per heavy atom. The van der Waals surface area contributed by atoms with E-state index in [0.717, 1.165) is 17.8 Å². The summed E-state index contributed by atoms with van der Waals surface area (Å²) in [5.41, 5.74) is 2.55. The second-order valence-corrected chi connectivity index (χ2v) is 8.51. The second kappa shape index (κ2) is 13.9. The van der Waals surface area contributed by atoms with Gasteiger partial charge in [-0.25, -0.2) is 9.59 Å². The van der Waals surface area contributed by atoms with Gasteiger partial charge in [-0.1, -0.05) is 38.6 Å². The quantitative estimate of drug-likeness (QED) is 0.238. The van der Waals surface area contributed by atoms with E-state index < -0.39 is 12.1 Å². The normalized spacial score (nSPS) is 11.4. The third-order valence-corrected chi connectivity index (χ3v) is 4.94. The van der Waals surface area contributed by atoms with E-state index >= 15 is 0 Å². The fraction of sp³-hybridized carbons (Fsp3) is 0.407. The number of amides is 1. The molecule has 0 saturated carbocycles. The third-order valence-electron chi connectivity index (χ3n) is 4.94. The van der Waals surface area contributed by atoms with Gasteiger partial charge >= 0.3 is 12.1 Å². The largest absolute Gasteiger partial charge is 0.490 e. The first kappa shape index (κ1) is 26.8. The maximum atomic E-state index is 11.7. The van der Waals surface area contributed by atoms with Crippen molar-refractivity contribution in [1.29, 1.82) is 0 Å². The Balaban J connectivity index is 1.80. The molecule has 2 aromatic carbocycles. The number of rotatable bonds is 13. The molecule has 7 heteroatoms. The topological polar surface area (TPSA) is 77.1 Å². The van der Waals surface area contributed by atoms with Crippen LogP contribution < -0.4 is 15.0 Å². The molecule has 34 heavy (non-hydrogen) atoms. The number of anilines is 2. The fourth-order valence-electron chi connectivity index (χ4n) is 3.50. The van der Waals surface area contributed by atoms with Crippen molar-refractivity contribution in [2.45, 2.75) is 40.2 Å². The van der Waals surface area contributed by atoms with Gasteiger partial charge < -0.3 is 24.4 Å². The van der Waals surface area contributed by atoms with Crippen molar-refractivity contribution in [3.05, 3.63) is 66.7 Å². The van der Waals surface area contributed by atoms with E-state index in [1.165, 1.54) is 0 Å². The molecule has 0 aromatic heterocycles. The summed E-state index contributed by atoms with van der Waals surface area (Å²) in [6, 6.07) is 18.6. The molecule has 0 aliphatic rings. The average Bonchev–Trinajstić information content (AvgIpc) is 2.80. The van der Waals surface area contributed by atoms with Gasteiger partial charge in [0.2, 0.25) is 0 Å². The van der Waals surface area contributed by atoms with Crippen molar-refractivity contribution in [1.82, 2.24) is 5.32 Å². The standard InChI is InChI=1S/C27H36N2O5/c1-20(2)19-22(5)29(23-9-7-6-8-10-23)24-11-13-25(14-12-24)32-17-18-34-27(31)28-15-16-33-26(30)21(3)4/h6-14,20,22H,3,15-19H2,1-2,4-5H3,(H,28,31). The minimum absolute atomic E-state index is 0.0550.